The van der Waals surface area contributed by atoms with Gasteiger partial charge in [0.05, 0.1) is 19.1 Å². The summed E-state index contributed by atoms with van der Waals surface area (Å²) in [5, 5.41) is 20.2. The summed E-state index contributed by atoms with van der Waals surface area (Å²) >= 11 is 0. The molecule has 0 saturated heterocycles. The van der Waals surface area contributed by atoms with Gasteiger partial charge in [-0.3, -0.25) is 14.9 Å². The fourth-order valence-corrected chi connectivity index (χ4v) is 2.05. The minimum absolute atomic E-state index is 0.108. The number of carbonyl (C=O) groups excluding carboxylic acids is 1. The lowest BCUT2D eigenvalue weighted by atomic mass is 10.1. The highest BCUT2D eigenvalue weighted by atomic mass is 16.6. The van der Waals surface area contributed by atoms with Gasteiger partial charge in [0.1, 0.15) is 0 Å². The SMILES string of the molecule is COc1ccc(C=CC(=O)c2ccc(O)c([N+](=O)[O-])c2)cc1OC. The van der Waals surface area contributed by atoms with Gasteiger partial charge < -0.3 is 14.6 Å². The van der Waals surface area contributed by atoms with Crippen LogP contribution in [0.15, 0.2) is 42.5 Å². The Morgan fingerprint density at radius 2 is 1.83 bits per heavy atom. The van der Waals surface area contributed by atoms with E-state index < -0.39 is 22.1 Å². The molecule has 0 amide bonds. The Morgan fingerprint density at radius 1 is 1.12 bits per heavy atom. The lowest BCUT2D eigenvalue weighted by molar-refractivity contribution is -0.385. The Morgan fingerprint density at radius 3 is 2.46 bits per heavy atom. The molecule has 2 aromatic carbocycles. The maximum absolute atomic E-state index is 12.1. The second-order valence-electron chi connectivity index (χ2n) is 4.77. The average Bonchev–Trinajstić information content (AvgIpc) is 2.59. The van der Waals surface area contributed by atoms with E-state index in [9.17, 15) is 20.0 Å². The van der Waals surface area contributed by atoms with E-state index in [0.29, 0.717) is 17.1 Å². The number of methoxy groups -OCH3 is 2. The molecule has 2 rings (SSSR count). The van der Waals surface area contributed by atoms with Crippen LogP contribution in [0, 0.1) is 10.1 Å². The quantitative estimate of drug-likeness (QED) is 0.378. The topological polar surface area (TPSA) is 98.9 Å². The standard InChI is InChI=1S/C17H15NO6/c1-23-16-8-4-11(9-17(16)24-2)3-6-14(19)12-5-7-15(20)13(10-12)18(21)22/h3-10,20H,1-2H3. The minimum Gasteiger partial charge on any atom is -0.502 e. The number of nitro groups is 1. The Bertz CT molecular complexity index is 813. The maximum atomic E-state index is 12.1. The number of carbonyl (C=O) groups is 1. The fourth-order valence-electron chi connectivity index (χ4n) is 2.05. The third-order valence-electron chi connectivity index (χ3n) is 3.29. The van der Waals surface area contributed by atoms with Crippen molar-refractivity contribution in [2.45, 2.75) is 0 Å². The minimum atomic E-state index is -0.746. The van der Waals surface area contributed by atoms with Crippen LogP contribution in [0.4, 0.5) is 5.69 Å². The van der Waals surface area contributed by atoms with Crippen LogP contribution in [-0.2, 0) is 0 Å². The molecule has 0 bridgehead atoms. The van der Waals surface area contributed by atoms with Crippen LogP contribution in [0.3, 0.4) is 0 Å². The summed E-state index contributed by atoms with van der Waals surface area (Å²) in [5.41, 5.74) is 0.297. The summed E-state index contributed by atoms with van der Waals surface area (Å²) in [6, 6.07) is 8.62. The zero-order valence-electron chi connectivity index (χ0n) is 13.1. The molecule has 0 fully saturated rings. The number of ether oxygens (including phenoxy) is 2. The normalized spacial score (nSPS) is 10.6. The molecule has 7 nitrogen and oxygen atoms in total. The molecule has 0 atom stereocenters. The largest absolute Gasteiger partial charge is 0.502 e. The number of hydrogen-bond acceptors (Lipinski definition) is 6. The van der Waals surface area contributed by atoms with Crippen molar-refractivity contribution >= 4 is 17.5 Å². The van der Waals surface area contributed by atoms with E-state index in [2.05, 4.69) is 0 Å². The predicted molar refractivity (Wildman–Crippen MR) is 87.7 cm³/mol. The van der Waals surface area contributed by atoms with E-state index in [1.165, 1.54) is 26.4 Å². The second kappa shape index (κ2) is 7.28. The van der Waals surface area contributed by atoms with E-state index in [1.54, 1.807) is 24.3 Å². The van der Waals surface area contributed by atoms with E-state index >= 15 is 0 Å². The summed E-state index contributed by atoms with van der Waals surface area (Å²) < 4.78 is 10.3. The lowest BCUT2D eigenvalue weighted by Crippen LogP contribution is -1.97. The van der Waals surface area contributed by atoms with Gasteiger partial charge in [0.15, 0.2) is 23.0 Å². The molecule has 0 aliphatic rings. The first-order valence-electron chi connectivity index (χ1n) is 6.88. The van der Waals surface area contributed by atoms with Crippen molar-refractivity contribution in [1.82, 2.24) is 0 Å². The third kappa shape index (κ3) is 3.70. The van der Waals surface area contributed by atoms with Crippen molar-refractivity contribution in [2.75, 3.05) is 14.2 Å². The van der Waals surface area contributed by atoms with Crippen molar-refractivity contribution in [3.05, 3.63) is 63.7 Å². The van der Waals surface area contributed by atoms with E-state index in [-0.39, 0.29) is 5.56 Å². The molecule has 124 valence electrons. The van der Waals surface area contributed by atoms with Crippen molar-refractivity contribution in [3.63, 3.8) is 0 Å². The molecular weight excluding hydrogens is 314 g/mol. The van der Waals surface area contributed by atoms with Crippen LogP contribution in [0.1, 0.15) is 15.9 Å². The third-order valence-corrected chi connectivity index (χ3v) is 3.29. The molecule has 2 aromatic rings. The maximum Gasteiger partial charge on any atom is 0.311 e. The number of aromatic hydroxyl groups is 1. The van der Waals surface area contributed by atoms with E-state index in [4.69, 9.17) is 9.47 Å². The Hall–Kier alpha value is -3.35. The molecule has 0 spiro atoms. The molecule has 0 saturated carbocycles. The second-order valence-corrected chi connectivity index (χ2v) is 4.77. The van der Waals surface area contributed by atoms with Gasteiger partial charge >= 0.3 is 5.69 Å². The number of phenolic OH excluding ortho intramolecular Hbond substituents is 1. The molecule has 0 heterocycles. The van der Waals surface area contributed by atoms with Crippen molar-refractivity contribution in [1.29, 1.82) is 0 Å². The summed E-state index contributed by atoms with van der Waals surface area (Å²) in [5.74, 6) is 0.177. The van der Waals surface area contributed by atoms with Crippen LogP contribution in [-0.4, -0.2) is 30.0 Å². The number of allylic oxidation sites excluding steroid dienone is 1. The molecule has 0 radical (unpaired) electrons. The van der Waals surface area contributed by atoms with Crippen molar-refractivity contribution in [2.24, 2.45) is 0 Å². The van der Waals surface area contributed by atoms with Crippen LogP contribution >= 0.6 is 0 Å². The number of hydrogen-bond donors (Lipinski definition) is 1. The molecule has 0 aromatic heterocycles. The number of nitro benzene ring substituents is 1. The molecule has 7 heteroatoms. The first kappa shape index (κ1) is 17.0. The molecule has 0 unspecified atom stereocenters. The summed E-state index contributed by atoms with van der Waals surface area (Å²) in [7, 11) is 3.03. The average molecular weight is 329 g/mol. The van der Waals surface area contributed by atoms with Gasteiger partial charge in [0.2, 0.25) is 0 Å². The van der Waals surface area contributed by atoms with Gasteiger partial charge in [-0.2, -0.15) is 0 Å². The van der Waals surface area contributed by atoms with E-state index in [1.807, 2.05) is 0 Å². The van der Waals surface area contributed by atoms with Gasteiger partial charge in [-0.05, 0) is 35.9 Å². The van der Waals surface area contributed by atoms with Crippen LogP contribution in [0.25, 0.3) is 6.08 Å². The zero-order valence-corrected chi connectivity index (χ0v) is 13.1. The van der Waals surface area contributed by atoms with Gasteiger partial charge in [0.25, 0.3) is 0 Å². The van der Waals surface area contributed by atoms with Gasteiger partial charge in [-0.25, -0.2) is 0 Å². The van der Waals surface area contributed by atoms with E-state index in [0.717, 1.165) is 12.1 Å². The fraction of sp³-hybridized carbons (Fsp3) is 0.118. The Labute approximate surface area is 137 Å². The highest BCUT2D eigenvalue weighted by molar-refractivity contribution is 6.07. The predicted octanol–water partition coefficient (Wildman–Crippen LogP) is 3.21. The lowest BCUT2D eigenvalue weighted by Gasteiger charge is -2.07. The summed E-state index contributed by atoms with van der Waals surface area (Å²) in [6.07, 6.45) is 2.85. The van der Waals surface area contributed by atoms with Crippen LogP contribution < -0.4 is 9.47 Å². The van der Waals surface area contributed by atoms with Crippen molar-refractivity contribution in [3.8, 4) is 17.2 Å². The summed E-state index contributed by atoms with van der Waals surface area (Å²) in [4.78, 5) is 22.2. The number of nitrogens with zero attached hydrogens (tertiary/aromatic N) is 1. The number of benzene rings is 2. The molecular formula is C17H15NO6. The smallest absolute Gasteiger partial charge is 0.311 e. The number of ketones is 1. The Kier molecular flexibility index (Phi) is 5.16. The molecule has 0 aliphatic carbocycles. The Balaban J connectivity index is 2.25. The van der Waals surface area contributed by atoms with Crippen LogP contribution in [0.2, 0.25) is 0 Å². The first-order chi connectivity index (χ1) is 11.5. The first-order valence-corrected chi connectivity index (χ1v) is 6.88. The number of rotatable bonds is 6. The van der Waals surface area contributed by atoms with Gasteiger partial charge in [-0.1, -0.05) is 12.1 Å². The highest BCUT2D eigenvalue weighted by Gasteiger charge is 2.15. The summed E-state index contributed by atoms with van der Waals surface area (Å²) in [6.45, 7) is 0. The highest BCUT2D eigenvalue weighted by Crippen LogP contribution is 2.29. The number of phenols is 1. The van der Waals surface area contributed by atoms with Gasteiger partial charge in [-0.15, -0.1) is 0 Å². The monoisotopic (exact) mass is 329 g/mol. The zero-order chi connectivity index (χ0) is 17.7. The molecule has 1 N–H and O–H groups in total. The molecule has 0 aliphatic heterocycles. The van der Waals surface area contributed by atoms with Crippen molar-refractivity contribution < 1.29 is 24.3 Å². The molecule has 24 heavy (non-hydrogen) atoms. The van der Waals surface area contributed by atoms with Crippen LogP contribution in [0.5, 0.6) is 17.2 Å². The van der Waals surface area contributed by atoms with Gasteiger partial charge in [0, 0.05) is 11.6 Å².